The van der Waals surface area contributed by atoms with Crippen LogP contribution in [-0.2, 0) is 14.8 Å². The van der Waals surface area contributed by atoms with Crippen LogP contribution in [0, 0.1) is 5.92 Å². The number of sulfonamides is 1. The molecule has 2 rings (SSSR count). The summed E-state index contributed by atoms with van der Waals surface area (Å²) in [4.78, 5) is 4.53. The average molecular weight is 342 g/mol. The van der Waals surface area contributed by atoms with Crippen molar-refractivity contribution in [3.63, 3.8) is 0 Å². The van der Waals surface area contributed by atoms with Crippen molar-refractivity contribution in [1.29, 1.82) is 0 Å². The summed E-state index contributed by atoms with van der Waals surface area (Å²) < 4.78 is 36.5. The number of rotatable bonds is 5. The minimum atomic E-state index is -3.43. The van der Waals surface area contributed by atoms with Gasteiger partial charge in [0, 0.05) is 0 Å². The molecule has 1 N–H and O–H groups in total. The van der Waals surface area contributed by atoms with Crippen LogP contribution in [0.3, 0.4) is 0 Å². The van der Waals surface area contributed by atoms with E-state index in [1.165, 1.54) is 7.11 Å². The highest BCUT2D eigenvalue weighted by Crippen LogP contribution is 2.31. The number of nitrogens with zero attached hydrogens (tertiary/aromatic N) is 1. The maximum atomic E-state index is 11.6. The third kappa shape index (κ3) is 5.13. The molecular weight excluding hydrogens is 316 g/mol. The first-order valence-corrected chi connectivity index (χ1v) is 9.56. The summed E-state index contributed by atoms with van der Waals surface area (Å²) in [6.45, 7) is 8.64. The molecule has 0 spiro atoms. The SMILES string of the molecule is CC.COc1cccc(C2=NC(C(C)C)CO2)c1NS(C)(=O)=O. The number of benzene rings is 1. The zero-order valence-electron chi connectivity index (χ0n) is 14.6. The lowest BCUT2D eigenvalue weighted by Crippen LogP contribution is -2.15. The van der Waals surface area contributed by atoms with Crippen LogP contribution in [-0.4, -0.2) is 40.3 Å². The minimum Gasteiger partial charge on any atom is -0.495 e. The molecule has 1 atom stereocenters. The molecule has 6 nitrogen and oxygen atoms in total. The lowest BCUT2D eigenvalue weighted by Gasteiger charge is -2.14. The maximum absolute atomic E-state index is 11.6. The van der Waals surface area contributed by atoms with Gasteiger partial charge in [0.2, 0.25) is 15.9 Å². The van der Waals surface area contributed by atoms with Gasteiger partial charge in [0.15, 0.2) is 0 Å². The summed E-state index contributed by atoms with van der Waals surface area (Å²) in [7, 11) is -1.95. The third-order valence-corrected chi connectivity index (χ3v) is 3.78. The third-order valence-electron chi connectivity index (χ3n) is 3.21. The van der Waals surface area contributed by atoms with Crippen LogP contribution in [0.4, 0.5) is 5.69 Å². The fraction of sp³-hybridized carbons (Fsp3) is 0.562. The molecule has 1 aliphatic rings. The van der Waals surface area contributed by atoms with Gasteiger partial charge in [0.05, 0.1) is 25.0 Å². The number of hydrogen-bond donors (Lipinski definition) is 1. The van der Waals surface area contributed by atoms with Gasteiger partial charge in [-0.15, -0.1) is 0 Å². The van der Waals surface area contributed by atoms with E-state index in [0.717, 1.165) is 6.26 Å². The van der Waals surface area contributed by atoms with Crippen LogP contribution in [0.25, 0.3) is 0 Å². The Hall–Kier alpha value is -1.76. The Bertz CT molecular complexity index is 654. The van der Waals surface area contributed by atoms with Crippen LogP contribution >= 0.6 is 0 Å². The first-order valence-electron chi connectivity index (χ1n) is 7.67. The largest absolute Gasteiger partial charge is 0.495 e. The highest BCUT2D eigenvalue weighted by Gasteiger charge is 2.26. The zero-order chi connectivity index (χ0) is 17.6. The van der Waals surface area contributed by atoms with Crippen molar-refractivity contribution in [1.82, 2.24) is 0 Å². The average Bonchev–Trinajstić information content (AvgIpc) is 2.98. The maximum Gasteiger partial charge on any atom is 0.229 e. The van der Waals surface area contributed by atoms with Gasteiger partial charge in [-0.1, -0.05) is 33.8 Å². The van der Waals surface area contributed by atoms with Crippen molar-refractivity contribution < 1.29 is 17.9 Å². The molecule has 0 aromatic heterocycles. The van der Waals surface area contributed by atoms with Crippen molar-refractivity contribution in [3.05, 3.63) is 23.8 Å². The molecule has 0 fully saturated rings. The summed E-state index contributed by atoms with van der Waals surface area (Å²) in [5.41, 5.74) is 0.939. The molecular formula is C16H26N2O4S. The Morgan fingerprint density at radius 1 is 1.35 bits per heavy atom. The second-order valence-corrected chi connectivity index (χ2v) is 7.06. The smallest absolute Gasteiger partial charge is 0.229 e. The van der Waals surface area contributed by atoms with E-state index in [1.807, 2.05) is 13.8 Å². The number of anilines is 1. The molecule has 0 radical (unpaired) electrons. The first-order chi connectivity index (χ1) is 10.8. The number of para-hydroxylation sites is 1. The number of hydrogen-bond acceptors (Lipinski definition) is 5. The Labute approximate surface area is 139 Å². The molecule has 0 bridgehead atoms. The van der Waals surface area contributed by atoms with E-state index < -0.39 is 10.0 Å². The second-order valence-electron chi connectivity index (χ2n) is 5.31. The van der Waals surface area contributed by atoms with Gasteiger partial charge in [0.25, 0.3) is 0 Å². The fourth-order valence-corrected chi connectivity index (χ4v) is 2.63. The van der Waals surface area contributed by atoms with E-state index in [1.54, 1.807) is 18.2 Å². The van der Waals surface area contributed by atoms with Gasteiger partial charge in [-0.05, 0) is 18.1 Å². The Balaban J connectivity index is 0.00000127. The van der Waals surface area contributed by atoms with Gasteiger partial charge in [-0.25, -0.2) is 13.4 Å². The van der Waals surface area contributed by atoms with Crippen molar-refractivity contribution in [3.8, 4) is 5.75 Å². The number of nitrogens with one attached hydrogen (secondary N) is 1. The molecule has 0 amide bonds. The molecule has 1 heterocycles. The molecule has 1 aromatic rings. The quantitative estimate of drug-likeness (QED) is 0.892. The van der Waals surface area contributed by atoms with E-state index in [0.29, 0.717) is 35.4 Å². The lowest BCUT2D eigenvalue weighted by atomic mass is 10.1. The minimum absolute atomic E-state index is 0.0808. The standard InChI is InChI=1S/C14H20N2O4S.C2H6/c1-9(2)11-8-20-14(15-11)10-6-5-7-12(19-3)13(10)16-21(4,17)18;1-2/h5-7,9,11,16H,8H2,1-4H3;1-2H3. The summed E-state index contributed by atoms with van der Waals surface area (Å²) in [6, 6.07) is 5.30. The van der Waals surface area contributed by atoms with Crippen molar-refractivity contribution in [2.24, 2.45) is 10.9 Å². The predicted molar refractivity (Wildman–Crippen MR) is 93.9 cm³/mol. The summed E-state index contributed by atoms with van der Waals surface area (Å²) >= 11 is 0. The molecule has 1 aromatic carbocycles. The van der Waals surface area contributed by atoms with E-state index in [2.05, 4.69) is 23.6 Å². The molecule has 1 unspecified atom stereocenters. The van der Waals surface area contributed by atoms with Crippen LogP contribution in [0.5, 0.6) is 5.75 Å². The molecule has 0 aliphatic carbocycles. The van der Waals surface area contributed by atoms with E-state index in [-0.39, 0.29) is 6.04 Å². The molecule has 7 heteroatoms. The second kappa shape index (κ2) is 8.19. The lowest BCUT2D eigenvalue weighted by molar-refractivity contribution is 0.292. The Morgan fingerprint density at radius 3 is 2.48 bits per heavy atom. The van der Waals surface area contributed by atoms with Crippen molar-refractivity contribution in [2.75, 3.05) is 24.7 Å². The Kier molecular flexibility index (Phi) is 6.87. The monoisotopic (exact) mass is 342 g/mol. The fourth-order valence-electron chi connectivity index (χ4n) is 2.05. The normalized spacial score (nSPS) is 17.0. The summed E-state index contributed by atoms with van der Waals surface area (Å²) in [6.07, 6.45) is 1.09. The predicted octanol–water partition coefficient (Wildman–Crippen LogP) is 2.89. The van der Waals surface area contributed by atoms with Gasteiger partial charge in [0.1, 0.15) is 18.0 Å². The van der Waals surface area contributed by atoms with E-state index in [9.17, 15) is 8.42 Å². The molecule has 23 heavy (non-hydrogen) atoms. The van der Waals surface area contributed by atoms with Crippen molar-refractivity contribution in [2.45, 2.75) is 33.7 Å². The topological polar surface area (TPSA) is 77.0 Å². The van der Waals surface area contributed by atoms with Crippen LogP contribution in [0.15, 0.2) is 23.2 Å². The molecule has 0 saturated carbocycles. The Morgan fingerprint density at radius 2 is 2.00 bits per heavy atom. The first kappa shape index (κ1) is 19.3. The highest BCUT2D eigenvalue weighted by atomic mass is 32.2. The number of methoxy groups -OCH3 is 1. The van der Waals surface area contributed by atoms with Crippen molar-refractivity contribution >= 4 is 21.6 Å². The van der Waals surface area contributed by atoms with Gasteiger partial charge < -0.3 is 9.47 Å². The van der Waals surface area contributed by atoms with Crippen LogP contribution < -0.4 is 9.46 Å². The number of ether oxygens (including phenoxy) is 2. The zero-order valence-corrected chi connectivity index (χ0v) is 15.4. The van der Waals surface area contributed by atoms with Gasteiger partial charge in [-0.3, -0.25) is 4.72 Å². The van der Waals surface area contributed by atoms with Crippen LogP contribution in [0.2, 0.25) is 0 Å². The molecule has 1 aliphatic heterocycles. The van der Waals surface area contributed by atoms with Crippen LogP contribution in [0.1, 0.15) is 33.3 Å². The van der Waals surface area contributed by atoms with E-state index >= 15 is 0 Å². The summed E-state index contributed by atoms with van der Waals surface area (Å²) in [5.74, 6) is 1.23. The highest BCUT2D eigenvalue weighted by molar-refractivity contribution is 7.92. The number of aliphatic imine (C=N–C) groups is 1. The summed E-state index contributed by atoms with van der Waals surface area (Å²) in [5, 5.41) is 0. The van der Waals surface area contributed by atoms with E-state index in [4.69, 9.17) is 9.47 Å². The van der Waals surface area contributed by atoms with Gasteiger partial charge >= 0.3 is 0 Å². The van der Waals surface area contributed by atoms with Gasteiger partial charge in [-0.2, -0.15) is 0 Å². The molecule has 0 saturated heterocycles. The molecule has 130 valence electrons.